The van der Waals surface area contributed by atoms with Crippen LogP contribution in [0.3, 0.4) is 0 Å². The van der Waals surface area contributed by atoms with E-state index >= 15 is 0 Å². The van der Waals surface area contributed by atoms with Crippen molar-refractivity contribution >= 4 is 17.5 Å². The molecule has 1 saturated heterocycles. The second-order valence-electron chi connectivity index (χ2n) is 17.6. The maximum absolute atomic E-state index is 12.1. The van der Waals surface area contributed by atoms with Gasteiger partial charge in [-0.1, -0.05) is 26.7 Å². The zero-order chi connectivity index (χ0) is 52.8. The maximum atomic E-state index is 12.1. The standard InChI is InChI=1S/C50H92N2O20/c1-41(2)50(4,51-5)14-13-43(55)12-10-15-59-17-18-60-19-20-61-21-22-62-23-24-63-25-26-64-27-28-65-29-30-66-31-32-67-33-34-68-35-36-69-37-38-70-40-44(56)11-8-6-7-9-16-71-49-46(52-42(3)54)48(58)47(57)45(39-53)72-49/h41,45-49,53,57-58H,6-40H2,1-4H3,(H,52,54)/t45-,46-,47+,48-,49-,50?/m1/s1. The summed E-state index contributed by atoms with van der Waals surface area (Å²) in [6.07, 6.45) is 0.839. The topological polar surface area (TPSA) is 258 Å². The molecule has 0 aromatic carbocycles. The van der Waals surface area contributed by atoms with Crippen LogP contribution in [0, 0.1) is 12.5 Å². The van der Waals surface area contributed by atoms with E-state index in [0.29, 0.717) is 197 Å². The average Bonchev–Trinajstić information content (AvgIpc) is 3.36. The molecule has 0 aromatic rings. The first kappa shape index (κ1) is 67.6. The summed E-state index contributed by atoms with van der Waals surface area (Å²) in [6, 6.07) is -0.965. The van der Waals surface area contributed by atoms with Crippen LogP contribution in [0.1, 0.15) is 85.5 Å². The van der Waals surface area contributed by atoms with Crippen molar-refractivity contribution in [2.75, 3.05) is 172 Å². The number of nitrogens with zero attached hydrogens (tertiary/aromatic N) is 1. The Morgan fingerprint density at radius 2 is 0.931 bits per heavy atom. The van der Waals surface area contributed by atoms with E-state index in [1.807, 2.05) is 20.8 Å². The lowest BCUT2D eigenvalue weighted by atomic mass is 9.84. The molecule has 4 N–H and O–H groups in total. The van der Waals surface area contributed by atoms with Crippen LogP contribution in [0.2, 0.25) is 0 Å². The zero-order valence-corrected chi connectivity index (χ0v) is 43.9. The van der Waals surface area contributed by atoms with Crippen molar-refractivity contribution in [2.24, 2.45) is 5.92 Å². The summed E-state index contributed by atoms with van der Waals surface area (Å²) in [4.78, 5) is 39.5. The number of ketones is 2. The fourth-order valence-corrected chi connectivity index (χ4v) is 6.63. The minimum absolute atomic E-state index is 0.0164. The van der Waals surface area contributed by atoms with Crippen LogP contribution in [0.4, 0.5) is 0 Å². The van der Waals surface area contributed by atoms with E-state index in [4.69, 9.17) is 72.9 Å². The summed E-state index contributed by atoms with van der Waals surface area (Å²) < 4.78 is 77.2. The summed E-state index contributed by atoms with van der Waals surface area (Å²) in [5, 5.41) is 32.4. The van der Waals surface area contributed by atoms with Gasteiger partial charge in [-0.05, 0) is 19.3 Å². The second-order valence-corrected chi connectivity index (χ2v) is 17.6. The molecule has 0 saturated carbocycles. The molecule has 0 radical (unpaired) electrons. The minimum atomic E-state index is -1.36. The van der Waals surface area contributed by atoms with Crippen molar-refractivity contribution in [3.8, 4) is 0 Å². The van der Waals surface area contributed by atoms with Gasteiger partial charge in [-0.25, -0.2) is 6.57 Å². The number of carbonyl (C=O) groups excluding carboxylic acids is 3. The zero-order valence-electron chi connectivity index (χ0n) is 43.9. The van der Waals surface area contributed by atoms with Crippen LogP contribution >= 0.6 is 0 Å². The van der Waals surface area contributed by atoms with Crippen LogP contribution < -0.4 is 5.32 Å². The number of rotatable bonds is 53. The molecular formula is C50H92N2O20. The second kappa shape index (κ2) is 47.1. The number of Topliss-reactive ketones (excluding diaryl/α,β-unsaturated/α-hetero) is 2. The summed E-state index contributed by atoms with van der Waals surface area (Å²) >= 11 is 0. The van der Waals surface area contributed by atoms with E-state index < -0.39 is 48.7 Å². The highest BCUT2D eigenvalue weighted by atomic mass is 16.7. The predicted molar refractivity (Wildman–Crippen MR) is 263 cm³/mol. The Balaban J connectivity index is 1.72. The number of aliphatic hydroxyl groups is 3. The summed E-state index contributed by atoms with van der Waals surface area (Å²) in [6.45, 7) is 24.8. The van der Waals surface area contributed by atoms with E-state index in [2.05, 4.69) is 10.2 Å². The lowest BCUT2D eigenvalue weighted by Gasteiger charge is -2.42. The highest BCUT2D eigenvalue weighted by Gasteiger charge is 2.45. The molecule has 1 aliphatic rings. The first-order valence-electron chi connectivity index (χ1n) is 25.8. The molecule has 22 heteroatoms. The number of ether oxygens (including phenoxy) is 14. The van der Waals surface area contributed by atoms with E-state index in [1.165, 1.54) is 6.92 Å². The van der Waals surface area contributed by atoms with Crippen LogP contribution in [0.25, 0.3) is 4.85 Å². The molecule has 0 aromatic heterocycles. The highest BCUT2D eigenvalue weighted by molar-refractivity contribution is 5.79. The summed E-state index contributed by atoms with van der Waals surface area (Å²) in [5.74, 6) is 0.0115. The van der Waals surface area contributed by atoms with Crippen molar-refractivity contribution in [1.82, 2.24) is 5.32 Å². The van der Waals surface area contributed by atoms with Crippen LogP contribution in [0.15, 0.2) is 0 Å². The van der Waals surface area contributed by atoms with Gasteiger partial charge < -0.3 is 91.8 Å². The van der Waals surface area contributed by atoms with Crippen molar-refractivity contribution < 1.29 is 96.0 Å². The van der Waals surface area contributed by atoms with Gasteiger partial charge in [0.15, 0.2) is 12.1 Å². The van der Waals surface area contributed by atoms with Crippen molar-refractivity contribution in [3.05, 3.63) is 11.4 Å². The number of hydrogen-bond donors (Lipinski definition) is 4. The number of carbonyl (C=O) groups is 3. The molecule has 422 valence electrons. The Hall–Kier alpha value is -2.38. The van der Waals surface area contributed by atoms with Crippen LogP contribution in [-0.4, -0.2) is 241 Å². The lowest BCUT2D eigenvalue weighted by molar-refractivity contribution is -0.270. The molecule has 1 unspecified atom stereocenters. The number of hydrogen-bond acceptors (Lipinski definition) is 20. The molecule has 72 heavy (non-hydrogen) atoms. The van der Waals surface area contributed by atoms with Gasteiger partial charge in [-0.3, -0.25) is 14.4 Å². The number of unbranched alkanes of at least 4 members (excludes halogenated alkanes) is 3. The number of amides is 1. The van der Waals surface area contributed by atoms with E-state index in [1.54, 1.807) is 0 Å². The van der Waals surface area contributed by atoms with Crippen molar-refractivity contribution in [2.45, 2.75) is 122 Å². The molecule has 0 bridgehead atoms. The molecule has 1 amide bonds. The Morgan fingerprint density at radius 3 is 1.32 bits per heavy atom. The van der Waals surface area contributed by atoms with Gasteiger partial charge >= 0.3 is 0 Å². The van der Waals surface area contributed by atoms with E-state index in [9.17, 15) is 29.7 Å². The van der Waals surface area contributed by atoms with E-state index in [-0.39, 0.29) is 30.7 Å². The molecular weight excluding hydrogens is 949 g/mol. The van der Waals surface area contributed by atoms with Gasteiger partial charge in [0, 0.05) is 58.7 Å². The third-order valence-electron chi connectivity index (χ3n) is 11.4. The molecule has 1 rings (SSSR count). The Labute approximate surface area is 428 Å². The monoisotopic (exact) mass is 1040 g/mol. The first-order chi connectivity index (χ1) is 34.9. The van der Waals surface area contributed by atoms with Crippen molar-refractivity contribution in [3.63, 3.8) is 0 Å². The first-order valence-corrected chi connectivity index (χ1v) is 25.8. The molecule has 0 spiro atoms. The normalized spacial score (nSPS) is 18.8. The predicted octanol–water partition coefficient (Wildman–Crippen LogP) is 2.13. The van der Waals surface area contributed by atoms with Crippen molar-refractivity contribution in [1.29, 1.82) is 0 Å². The Morgan fingerprint density at radius 1 is 0.542 bits per heavy atom. The third-order valence-corrected chi connectivity index (χ3v) is 11.4. The fraction of sp³-hybridized carbons (Fsp3) is 0.920. The Bertz CT molecular complexity index is 1350. The molecule has 1 aliphatic heterocycles. The molecule has 22 nitrogen and oxygen atoms in total. The Kier molecular flexibility index (Phi) is 44.2. The number of aliphatic hydroxyl groups excluding tert-OH is 3. The fourth-order valence-electron chi connectivity index (χ4n) is 6.63. The molecule has 6 atom stereocenters. The number of nitrogens with one attached hydrogen (secondary N) is 1. The SMILES string of the molecule is [C-]#[N+]C(C)(CCC(=O)CCCOCCOCCOCCOCCOCCOCCOCCOCCOCCOCCOCCOCC(=O)CCCCCCO[C@@H]1O[C@H](CO)[C@H](O)[C@H](O)[C@H]1NC(C)=O)C(C)C. The highest BCUT2D eigenvalue weighted by Crippen LogP contribution is 2.27. The van der Waals surface area contributed by atoms with E-state index in [0.717, 1.165) is 12.8 Å². The largest absolute Gasteiger partial charge is 0.394 e. The van der Waals surface area contributed by atoms with Gasteiger partial charge in [0.1, 0.15) is 36.7 Å². The smallest absolute Gasteiger partial charge is 0.232 e. The van der Waals surface area contributed by atoms with Gasteiger partial charge in [0.2, 0.25) is 11.4 Å². The summed E-state index contributed by atoms with van der Waals surface area (Å²) in [5.41, 5.74) is -0.473. The van der Waals surface area contributed by atoms with Gasteiger partial charge in [0.25, 0.3) is 0 Å². The third kappa shape index (κ3) is 37.4. The van der Waals surface area contributed by atoms with Crippen LogP contribution in [-0.2, 0) is 80.7 Å². The minimum Gasteiger partial charge on any atom is -0.394 e. The molecule has 1 fully saturated rings. The quantitative estimate of drug-likeness (QED) is 0.0503. The van der Waals surface area contributed by atoms with Gasteiger partial charge in [0.05, 0.1) is 152 Å². The maximum Gasteiger partial charge on any atom is 0.232 e. The van der Waals surface area contributed by atoms with Gasteiger partial charge in [-0.2, -0.15) is 0 Å². The molecule has 0 aliphatic carbocycles. The lowest BCUT2D eigenvalue weighted by Crippen LogP contribution is -2.64. The van der Waals surface area contributed by atoms with Gasteiger partial charge in [-0.15, -0.1) is 0 Å². The van der Waals surface area contributed by atoms with Crippen LogP contribution in [0.5, 0.6) is 0 Å². The average molecular weight is 1040 g/mol. The molecule has 1 heterocycles. The summed E-state index contributed by atoms with van der Waals surface area (Å²) in [7, 11) is 0.